The number of nitrogens with zero attached hydrogens (tertiary/aromatic N) is 1. The second-order valence-corrected chi connectivity index (χ2v) is 5.98. The Morgan fingerprint density at radius 2 is 1.79 bits per heavy atom. The quantitative estimate of drug-likeness (QED) is 0.843. The first-order chi connectivity index (χ1) is 11.3. The Morgan fingerprint density at radius 1 is 1.12 bits per heavy atom. The number of anilines is 2. The first-order valence-electron chi connectivity index (χ1n) is 7.15. The standard InChI is InChI=1S/C17H15Cl2FN2O2/c1-11(23)22(16-8-12(18)7-13(19)9-16)6-5-17(24)21-15-4-2-3-14(20)10-15/h2-4,7-10H,5-6H2,1H3,(H,21,24). The summed E-state index contributed by atoms with van der Waals surface area (Å²) in [6, 6.07) is 10.3. The molecule has 0 aliphatic carbocycles. The molecular formula is C17H15Cl2FN2O2. The van der Waals surface area contributed by atoms with Gasteiger partial charge in [-0.25, -0.2) is 4.39 Å². The van der Waals surface area contributed by atoms with Gasteiger partial charge < -0.3 is 10.2 Å². The molecule has 0 fully saturated rings. The van der Waals surface area contributed by atoms with Gasteiger partial charge in [-0.3, -0.25) is 9.59 Å². The van der Waals surface area contributed by atoms with Crippen LogP contribution in [-0.2, 0) is 9.59 Å². The smallest absolute Gasteiger partial charge is 0.226 e. The third-order valence-electron chi connectivity index (χ3n) is 3.21. The lowest BCUT2D eigenvalue weighted by Gasteiger charge is -2.21. The van der Waals surface area contributed by atoms with Gasteiger partial charge in [-0.1, -0.05) is 29.3 Å². The van der Waals surface area contributed by atoms with Crippen molar-refractivity contribution in [2.24, 2.45) is 0 Å². The van der Waals surface area contributed by atoms with E-state index in [4.69, 9.17) is 23.2 Å². The lowest BCUT2D eigenvalue weighted by atomic mass is 10.2. The van der Waals surface area contributed by atoms with Crippen LogP contribution in [-0.4, -0.2) is 18.4 Å². The summed E-state index contributed by atoms with van der Waals surface area (Å²) in [4.78, 5) is 25.2. The van der Waals surface area contributed by atoms with E-state index in [0.29, 0.717) is 21.4 Å². The van der Waals surface area contributed by atoms with Crippen LogP contribution in [0.1, 0.15) is 13.3 Å². The number of hydrogen-bond donors (Lipinski definition) is 1. The number of hydrogen-bond acceptors (Lipinski definition) is 2. The Labute approximate surface area is 149 Å². The zero-order valence-corrected chi connectivity index (χ0v) is 14.4. The van der Waals surface area contributed by atoms with Crippen molar-refractivity contribution < 1.29 is 14.0 Å². The highest BCUT2D eigenvalue weighted by molar-refractivity contribution is 6.35. The van der Waals surface area contributed by atoms with E-state index < -0.39 is 5.82 Å². The van der Waals surface area contributed by atoms with Crippen LogP contribution in [0.2, 0.25) is 10.0 Å². The molecule has 0 spiro atoms. The number of nitrogens with one attached hydrogen (secondary N) is 1. The Hall–Kier alpha value is -2.11. The van der Waals surface area contributed by atoms with Gasteiger partial charge >= 0.3 is 0 Å². The Bertz CT molecular complexity index is 748. The van der Waals surface area contributed by atoms with Gasteiger partial charge in [0.2, 0.25) is 11.8 Å². The van der Waals surface area contributed by atoms with E-state index >= 15 is 0 Å². The monoisotopic (exact) mass is 368 g/mol. The van der Waals surface area contributed by atoms with Gasteiger partial charge in [0.1, 0.15) is 5.82 Å². The van der Waals surface area contributed by atoms with Crippen LogP contribution < -0.4 is 10.2 Å². The molecule has 2 aromatic rings. The Kier molecular flexibility index (Phi) is 6.17. The van der Waals surface area contributed by atoms with Gasteiger partial charge in [0.25, 0.3) is 0 Å². The fraction of sp³-hybridized carbons (Fsp3) is 0.176. The molecule has 126 valence electrons. The van der Waals surface area contributed by atoms with Crippen molar-refractivity contribution in [2.75, 3.05) is 16.8 Å². The molecule has 0 aromatic heterocycles. The van der Waals surface area contributed by atoms with Gasteiger partial charge in [0.05, 0.1) is 0 Å². The molecule has 2 amide bonds. The van der Waals surface area contributed by atoms with E-state index in [1.165, 1.54) is 30.0 Å². The van der Waals surface area contributed by atoms with Crippen molar-refractivity contribution in [3.8, 4) is 0 Å². The summed E-state index contributed by atoms with van der Waals surface area (Å²) in [5.41, 5.74) is 0.874. The summed E-state index contributed by atoms with van der Waals surface area (Å²) in [6.07, 6.45) is 0.0419. The average molecular weight is 369 g/mol. The molecule has 0 aliphatic rings. The molecule has 24 heavy (non-hydrogen) atoms. The highest BCUT2D eigenvalue weighted by Gasteiger charge is 2.15. The molecule has 0 saturated carbocycles. The Balaban J connectivity index is 2.03. The third-order valence-corrected chi connectivity index (χ3v) is 3.65. The predicted molar refractivity (Wildman–Crippen MR) is 94.1 cm³/mol. The normalized spacial score (nSPS) is 10.3. The topological polar surface area (TPSA) is 49.4 Å². The van der Waals surface area contributed by atoms with Crippen LogP contribution >= 0.6 is 23.2 Å². The molecule has 2 rings (SSSR count). The molecule has 1 N–H and O–H groups in total. The molecule has 0 atom stereocenters. The summed E-state index contributed by atoms with van der Waals surface area (Å²) < 4.78 is 13.1. The van der Waals surface area contributed by atoms with E-state index in [2.05, 4.69) is 5.32 Å². The number of benzene rings is 2. The van der Waals surface area contributed by atoms with Gasteiger partial charge in [0.15, 0.2) is 0 Å². The van der Waals surface area contributed by atoms with E-state index in [1.54, 1.807) is 24.3 Å². The predicted octanol–water partition coefficient (Wildman–Crippen LogP) is 4.51. The first-order valence-corrected chi connectivity index (χ1v) is 7.90. The summed E-state index contributed by atoms with van der Waals surface area (Å²) in [5, 5.41) is 3.37. The minimum atomic E-state index is -0.438. The van der Waals surface area contributed by atoms with Crippen molar-refractivity contribution in [1.82, 2.24) is 0 Å². The fourth-order valence-electron chi connectivity index (χ4n) is 2.17. The molecule has 4 nitrogen and oxygen atoms in total. The second kappa shape index (κ2) is 8.13. The Morgan fingerprint density at radius 3 is 2.38 bits per heavy atom. The molecule has 7 heteroatoms. The largest absolute Gasteiger partial charge is 0.326 e. The van der Waals surface area contributed by atoms with Crippen LogP contribution in [0, 0.1) is 5.82 Å². The van der Waals surface area contributed by atoms with E-state index in [1.807, 2.05) is 0 Å². The van der Waals surface area contributed by atoms with E-state index in [-0.39, 0.29) is 24.8 Å². The summed E-state index contributed by atoms with van der Waals surface area (Å²) >= 11 is 11.9. The first kappa shape index (κ1) is 18.2. The van der Waals surface area contributed by atoms with Crippen LogP contribution in [0.15, 0.2) is 42.5 Å². The van der Waals surface area contributed by atoms with Crippen molar-refractivity contribution in [3.63, 3.8) is 0 Å². The average Bonchev–Trinajstić information content (AvgIpc) is 2.46. The molecule has 0 bridgehead atoms. The number of halogens is 3. The summed E-state index contributed by atoms with van der Waals surface area (Å²) in [5.74, 6) is -1.02. The van der Waals surface area contributed by atoms with Crippen molar-refractivity contribution >= 4 is 46.4 Å². The molecular weight excluding hydrogens is 354 g/mol. The van der Waals surface area contributed by atoms with E-state index in [9.17, 15) is 14.0 Å². The minimum Gasteiger partial charge on any atom is -0.326 e. The highest BCUT2D eigenvalue weighted by atomic mass is 35.5. The van der Waals surface area contributed by atoms with Crippen molar-refractivity contribution in [3.05, 3.63) is 58.3 Å². The van der Waals surface area contributed by atoms with Gasteiger partial charge in [-0.15, -0.1) is 0 Å². The maximum absolute atomic E-state index is 13.1. The number of amides is 2. The maximum Gasteiger partial charge on any atom is 0.226 e. The number of rotatable bonds is 5. The molecule has 0 unspecified atom stereocenters. The van der Waals surface area contributed by atoms with Crippen LogP contribution in [0.5, 0.6) is 0 Å². The van der Waals surface area contributed by atoms with Gasteiger partial charge in [-0.2, -0.15) is 0 Å². The zero-order valence-electron chi connectivity index (χ0n) is 12.9. The van der Waals surface area contributed by atoms with Gasteiger partial charge in [0, 0.05) is 41.3 Å². The van der Waals surface area contributed by atoms with Crippen LogP contribution in [0.3, 0.4) is 0 Å². The molecule has 0 radical (unpaired) electrons. The summed E-state index contributed by atoms with van der Waals surface area (Å²) in [6.45, 7) is 1.53. The molecule has 2 aromatic carbocycles. The van der Waals surface area contributed by atoms with Crippen molar-refractivity contribution in [2.45, 2.75) is 13.3 Å². The third kappa shape index (κ3) is 5.22. The SMILES string of the molecule is CC(=O)N(CCC(=O)Nc1cccc(F)c1)c1cc(Cl)cc(Cl)c1. The lowest BCUT2D eigenvalue weighted by Crippen LogP contribution is -2.32. The van der Waals surface area contributed by atoms with Crippen molar-refractivity contribution in [1.29, 1.82) is 0 Å². The molecule has 0 heterocycles. The van der Waals surface area contributed by atoms with Gasteiger partial charge in [-0.05, 0) is 36.4 Å². The zero-order chi connectivity index (χ0) is 17.7. The maximum atomic E-state index is 13.1. The van der Waals surface area contributed by atoms with E-state index in [0.717, 1.165) is 0 Å². The lowest BCUT2D eigenvalue weighted by molar-refractivity contribution is -0.117. The van der Waals surface area contributed by atoms with Crippen LogP contribution in [0.4, 0.5) is 15.8 Å². The second-order valence-electron chi connectivity index (χ2n) is 5.11. The van der Waals surface area contributed by atoms with Crippen LogP contribution in [0.25, 0.3) is 0 Å². The molecule has 0 saturated heterocycles. The number of carbonyl (C=O) groups is 2. The number of carbonyl (C=O) groups excluding carboxylic acids is 2. The minimum absolute atomic E-state index is 0.0419. The fourth-order valence-corrected chi connectivity index (χ4v) is 2.68. The highest BCUT2D eigenvalue weighted by Crippen LogP contribution is 2.25. The summed E-state index contributed by atoms with van der Waals surface area (Å²) in [7, 11) is 0. The molecule has 0 aliphatic heterocycles.